The van der Waals surface area contributed by atoms with Gasteiger partial charge in [0.25, 0.3) is 0 Å². The molecule has 62 valence electrons. The number of allylic oxidation sites excluding steroid dienone is 1. The summed E-state index contributed by atoms with van der Waals surface area (Å²) in [6.45, 7) is 4.10. The van der Waals surface area contributed by atoms with Crippen molar-refractivity contribution in [3.05, 3.63) is 15.8 Å². The lowest BCUT2D eigenvalue weighted by atomic mass is 10.3. The third-order valence-electron chi connectivity index (χ3n) is 1.64. The van der Waals surface area contributed by atoms with Crippen LogP contribution in [0.3, 0.4) is 0 Å². The molecule has 2 rings (SSSR count). The van der Waals surface area contributed by atoms with Crippen molar-refractivity contribution in [3.8, 4) is 0 Å². The fourth-order valence-electron chi connectivity index (χ4n) is 1.11. The highest BCUT2D eigenvalue weighted by molar-refractivity contribution is 7.58. The summed E-state index contributed by atoms with van der Waals surface area (Å²) in [4.78, 5) is 2.48. The van der Waals surface area contributed by atoms with E-state index in [0.717, 1.165) is 11.4 Å². The SMILES string of the molecule is C/C=C/c1sc(C)c2c1N=S=N2. The highest BCUT2D eigenvalue weighted by Gasteiger charge is 2.15. The van der Waals surface area contributed by atoms with E-state index in [1.165, 1.54) is 21.1 Å². The molecular weight excluding hydrogens is 188 g/mol. The lowest BCUT2D eigenvalue weighted by Crippen LogP contribution is -1.57. The summed E-state index contributed by atoms with van der Waals surface area (Å²) in [6.07, 6.45) is 4.12. The molecular formula is C8H8N2S2. The molecule has 0 bridgehead atoms. The van der Waals surface area contributed by atoms with E-state index in [2.05, 4.69) is 21.7 Å². The Morgan fingerprint density at radius 2 is 2.00 bits per heavy atom. The van der Waals surface area contributed by atoms with Gasteiger partial charge >= 0.3 is 0 Å². The second-order valence-corrected chi connectivity index (χ2v) is 4.27. The molecule has 0 aromatic carbocycles. The van der Waals surface area contributed by atoms with Crippen molar-refractivity contribution < 1.29 is 0 Å². The van der Waals surface area contributed by atoms with Gasteiger partial charge in [0.15, 0.2) is 0 Å². The van der Waals surface area contributed by atoms with Gasteiger partial charge < -0.3 is 0 Å². The highest BCUT2D eigenvalue weighted by Crippen LogP contribution is 2.44. The minimum Gasteiger partial charge on any atom is -0.172 e. The van der Waals surface area contributed by atoms with E-state index in [-0.39, 0.29) is 0 Å². The van der Waals surface area contributed by atoms with E-state index in [1.54, 1.807) is 11.3 Å². The summed E-state index contributed by atoms with van der Waals surface area (Å²) in [6, 6.07) is 0. The molecule has 0 N–H and O–H groups in total. The summed E-state index contributed by atoms with van der Waals surface area (Å²) in [5.74, 6) is 0. The molecule has 0 spiro atoms. The van der Waals surface area contributed by atoms with Crippen molar-refractivity contribution in [2.45, 2.75) is 13.8 Å². The average Bonchev–Trinajstić information content (AvgIpc) is 2.58. The van der Waals surface area contributed by atoms with Gasteiger partial charge in [-0.25, -0.2) is 0 Å². The molecule has 0 unspecified atom stereocenters. The Hall–Kier alpha value is -0.740. The van der Waals surface area contributed by atoms with Crippen LogP contribution in [0.2, 0.25) is 0 Å². The largest absolute Gasteiger partial charge is 0.172 e. The van der Waals surface area contributed by atoms with Crippen molar-refractivity contribution >= 4 is 40.1 Å². The van der Waals surface area contributed by atoms with E-state index < -0.39 is 0 Å². The van der Waals surface area contributed by atoms with Crippen LogP contribution in [0.5, 0.6) is 0 Å². The van der Waals surface area contributed by atoms with Crippen molar-refractivity contribution in [1.82, 2.24) is 0 Å². The number of rotatable bonds is 1. The summed E-state index contributed by atoms with van der Waals surface area (Å²) < 4.78 is 8.48. The van der Waals surface area contributed by atoms with Crippen LogP contribution in [-0.2, 0) is 11.4 Å². The maximum Gasteiger partial charge on any atom is 0.123 e. The van der Waals surface area contributed by atoms with Crippen LogP contribution in [0.25, 0.3) is 6.08 Å². The first-order chi connectivity index (χ1) is 5.83. The minimum absolute atomic E-state index is 1.06. The Balaban J connectivity index is 2.60. The number of fused-ring (bicyclic) bond motifs is 1. The number of nitrogens with zero attached hydrogens (tertiary/aromatic N) is 2. The zero-order chi connectivity index (χ0) is 8.55. The molecule has 0 amide bonds. The second kappa shape index (κ2) is 2.95. The Kier molecular flexibility index (Phi) is 1.94. The Labute approximate surface area is 78.8 Å². The van der Waals surface area contributed by atoms with E-state index in [0.29, 0.717) is 0 Å². The molecule has 1 aliphatic rings. The lowest BCUT2D eigenvalue weighted by molar-refractivity contribution is 1.53. The number of hydrogen-bond donors (Lipinski definition) is 0. The van der Waals surface area contributed by atoms with Crippen LogP contribution in [0.1, 0.15) is 16.7 Å². The minimum atomic E-state index is 1.06. The molecule has 4 heteroatoms. The molecule has 2 heterocycles. The van der Waals surface area contributed by atoms with Gasteiger partial charge in [0.1, 0.15) is 11.4 Å². The van der Waals surface area contributed by atoms with Gasteiger partial charge in [-0.2, -0.15) is 8.73 Å². The third-order valence-corrected chi connectivity index (χ3v) is 3.21. The number of thiophene rings is 1. The van der Waals surface area contributed by atoms with Crippen LogP contribution < -0.4 is 0 Å². The summed E-state index contributed by atoms with van der Waals surface area (Å²) in [7, 11) is 0. The van der Waals surface area contributed by atoms with Gasteiger partial charge in [0.2, 0.25) is 0 Å². The van der Waals surface area contributed by atoms with E-state index in [1.807, 2.05) is 13.0 Å². The molecule has 1 aliphatic heterocycles. The summed E-state index contributed by atoms with van der Waals surface area (Å²) in [5.41, 5.74) is 2.12. The second-order valence-electron chi connectivity index (χ2n) is 2.48. The molecule has 0 saturated carbocycles. The number of hydrogen-bond acceptors (Lipinski definition) is 3. The van der Waals surface area contributed by atoms with Crippen LogP contribution in [-0.4, -0.2) is 0 Å². The Morgan fingerprint density at radius 3 is 2.75 bits per heavy atom. The normalized spacial score (nSPS) is 13.8. The van der Waals surface area contributed by atoms with Crippen molar-refractivity contribution in [3.63, 3.8) is 0 Å². The monoisotopic (exact) mass is 196 g/mol. The summed E-state index contributed by atoms with van der Waals surface area (Å²) >= 11 is 3.04. The third kappa shape index (κ3) is 1.07. The lowest BCUT2D eigenvalue weighted by Gasteiger charge is -1.84. The maximum absolute atomic E-state index is 4.25. The van der Waals surface area contributed by atoms with E-state index in [4.69, 9.17) is 0 Å². The van der Waals surface area contributed by atoms with Crippen LogP contribution in [0.4, 0.5) is 11.4 Å². The average molecular weight is 196 g/mol. The van der Waals surface area contributed by atoms with Gasteiger partial charge in [-0.05, 0) is 19.9 Å². The topological polar surface area (TPSA) is 24.7 Å². The fourth-order valence-corrected chi connectivity index (χ4v) is 2.85. The zero-order valence-electron chi connectivity index (χ0n) is 6.87. The Bertz CT molecular complexity index is 409. The predicted octanol–water partition coefficient (Wildman–Crippen LogP) is 3.82. The van der Waals surface area contributed by atoms with Gasteiger partial charge in [-0.15, -0.1) is 11.3 Å². The molecule has 0 radical (unpaired) electrons. The van der Waals surface area contributed by atoms with Gasteiger partial charge in [-0.3, -0.25) is 0 Å². The highest BCUT2D eigenvalue weighted by atomic mass is 32.1. The van der Waals surface area contributed by atoms with Crippen LogP contribution in [0, 0.1) is 6.92 Å². The van der Waals surface area contributed by atoms with E-state index >= 15 is 0 Å². The van der Waals surface area contributed by atoms with Gasteiger partial charge in [-0.1, -0.05) is 6.08 Å². The van der Waals surface area contributed by atoms with Gasteiger partial charge in [0.05, 0.1) is 16.2 Å². The molecule has 12 heavy (non-hydrogen) atoms. The van der Waals surface area contributed by atoms with Gasteiger partial charge in [0, 0.05) is 4.88 Å². The maximum atomic E-state index is 4.25. The van der Waals surface area contributed by atoms with Crippen molar-refractivity contribution in [2.24, 2.45) is 8.73 Å². The molecule has 1 aromatic heterocycles. The first-order valence-corrected chi connectivity index (χ1v) is 5.22. The Morgan fingerprint density at radius 1 is 1.25 bits per heavy atom. The first kappa shape index (κ1) is 7.89. The standard InChI is InChI=1S/C8H8N2S2/c1-3-4-6-8-7(5(2)11-6)9-12-10-8/h3-4H,1-2H3/b4-3+. The number of aryl methyl sites for hydroxylation is 1. The first-order valence-electron chi connectivity index (χ1n) is 3.67. The van der Waals surface area contributed by atoms with E-state index in [9.17, 15) is 0 Å². The predicted molar refractivity (Wildman–Crippen MR) is 55.3 cm³/mol. The fraction of sp³-hybridized carbons (Fsp3) is 0.250. The molecule has 1 aromatic rings. The molecule has 2 nitrogen and oxygen atoms in total. The molecule has 0 aliphatic carbocycles. The van der Waals surface area contributed by atoms with Crippen LogP contribution >= 0.6 is 11.3 Å². The zero-order valence-corrected chi connectivity index (χ0v) is 8.50. The summed E-state index contributed by atoms with van der Waals surface area (Å²) in [5, 5.41) is 0. The molecule has 0 saturated heterocycles. The molecule has 0 fully saturated rings. The smallest absolute Gasteiger partial charge is 0.123 e. The molecule has 0 atom stereocenters. The van der Waals surface area contributed by atoms with Crippen molar-refractivity contribution in [2.75, 3.05) is 0 Å². The van der Waals surface area contributed by atoms with Crippen molar-refractivity contribution in [1.29, 1.82) is 0 Å². The quantitative estimate of drug-likeness (QED) is 0.662. The van der Waals surface area contributed by atoms with Crippen LogP contribution in [0.15, 0.2) is 14.8 Å².